The molecule has 1 aromatic carbocycles. The van der Waals surface area contributed by atoms with Crippen LogP contribution in [0.3, 0.4) is 0 Å². The molecule has 0 spiro atoms. The Balaban J connectivity index is 2.72. The second-order valence-electron chi connectivity index (χ2n) is 3.04. The summed E-state index contributed by atoms with van der Waals surface area (Å²) in [5, 5.41) is 9.54. The van der Waals surface area contributed by atoms with Crippen LogP contribution in [0.25, 0.3) is 11.1 Å². The number of oxazole rings is 1. The van der Waals surface area contributed by atoms with Crippen molar-refractivity contribution in [1.29, 1.82) is 0 Å². The number of phenols is 1. The van der Waals surface area contributed by atoms with Gasteiger partial charge in [0.25, 0.3) is 0 Å². The number of rotatable bonds is 1. The highest BCUT2D eigenvalue weighted by molar-refractivity contribution is 5.75. The highest BCUT2D eigenvalue weighted by Gasteiger charge is 2.06. The van der Waals surface area contributed by atoms with E-state index in [1.807, 2.05) is 13.0 Å². The Morgan fingerprint density at radius 2 is 2.23 bits per heavy atom. The maximum absolute atomic E-state index is 9.54. The molecular formula is C10H11NO2. The van der Waals surface area contributed by atoms with Gasteiger partial charge in [0.2, 0.25) is 0 Å². The molecule has 2 aromatic rings. The highest BCUT2D eigenvalue weighted by Crippen LogP contribution is 2.25. The number of aromatic hydroxyl groups is 1. The van der Waals surface area contributed by atoms with Gasteiger partial charge in [-0.25, -0.2) is 4.98 Å². The van der Waals surface area contributed by atoms with Gasteiger partial charge in [-0.1, -0.05) is 6.92 Å². The first kappa shape index (κ1) is 8.10. The van der Waals surface area contributed by atoms with Crippen LogP contribution in [0.4, 0.5) is 0 Å². The molecule has 3 heteroatoms. The maximum Gasteiger partial charge on any atom is 0.192 e. The van der Waals surface area contributed by atoms with Crippen LogP contribution in [-0.2, 0) is 6.42 Å². The first-order valence-electron chi connectivity index (χ1n) is 4.29. The minimum atomic E-state index is 0.295. The number of phenolic OH excluding ortho intramolecular Hbond substituents is 1. The summed E-state index contributed by atoms with van der Waals surface area (Å²) in [6.45, 7) is 3.78. The van der Waals surface area contributed by atoms with Crippen molar-refractivity contribution in [2.75, 3.05) is 0 Å². The van der Waals surface area contributed by atoms with Gasteiger partial charge in [0.15, 0.2) is 11.5 Å². The summed E-state index contributed by atoms with van der Waals surface area (Å²) in [5.41, 5.74) is 2.35. The molecule has 0 aliphatic heterocycles. The smallest absolute Gasteiger partial charge is 0.192 e. The summed E-state index contributed by atoms with van der Waals surface area (Å²) in [6.07, 6.45) is 0.793. The number of aryl methyl sites for hydroxylation is 2. The topological polar surface area (TPSA) is 46.3 Å². The van der Waals surface area contributed by atoms with E-state index >= 15 is 0 Å². The molecule has 0 aliphatic carbocycles. The quantitative estimate of drug-likeness (QED) is 0.727. The largest absolute Gasteiger partial charge is 0.508 e. The molecule has 3 nitrogen and oxygen atoms in total. The molecule has 13 heavy (non-hydrogen) atoms. The molecule has 0 radical (unpaired) electrons. The van der Waals surface area contributed by atoms with Crippen molar-refractivity contribution >= 4 is 11.1 Å². The van der Waals surface area contributed by atoms with E-state index in [0.717, 1.165) is 17.6 Å². The number of hydrogen-bond acceptors (Lipinski definition) is 3. The Kier molecular flexibility index (Phi) is 1.72. The third-order valence-electron chi connectivity index (χ3n) is 2.08. The van der Waals surface area contributed by atoms with Gasteiger partial charge in [-0.15, -0.1) is 0 Å². The summed E-state index contributed by atoms with van der Waals surface area (Å²) in [7, 11) is 0. The van der Waals surface area contributed by atoms with Crippen LogP contribution in [0.1, 0.15) is 18.4 Å². The zero-order valence-electron chi connectivity index (χ0n) is 7.66. The lowest BCUT2D eigenvalue weighted by molar-refractivity contribution is 0.469. The molecule has 68 valence electrons. The minimum Gasteiger partial charge on any atom is -0.508 e. The number of hydrogen-bond donors (Lipinski definition) is 1. The van der Waals surface area contributed by atoms with Gasteiger partial charge in [-0.05, 0) is 18.1 Å². The summed E-state index contributed by atoms with van der Waals surface area (Å²) in [4.78, 5) is 4.12. The van der Waals surface area contributed by atoms with Gasteiger partial charge in [-0.2, -0.15) is 0 Å². The molecule has 0 fully saturated rings. The fraction of sp³-hybridized carbons (Fsp3) is 0.300. The van der Waals surface area contributed by atoms with Crippen LogP contribution >= 0.6 is 0 Å². The zero-order chi connectivity index (χ0) is 9.42. The normalized spacial score (nSPS) is 10.9. The second-order valence-corrected chi connectivity index (χ2v) is 3.04. The van der Waals surface area contributed by atoms with Gasteiger partial charge >= 0.3 is 0 Å². The third kappa shape index (κ3) is 1.26. The van der Waals surface area contributed by atoms with Crippen LogP contribution in [0, 0.1) is 6.92 Å². The van der Waals surface area contributed by atoms with E-state index in [1.54, 1.807) is 13.0 Å². The minimum absolute atomic E-state index is 0.295. The maximum atomic E-state index is 9.54. The Hall–Kier alpha value is -1.51. The lowest BCUT2D eigenvalue weighted by Gasteiger charge is -1.98. The molecule has 1 aromatic heterocycles. The number of aromatic nitrogens is 1. The van der Waals surface area contributed by atoms with Crippen molar-refractivity contribution in [2.45, 2.75) is 20.3 Å². The molecule has 0 bridgehead atoms. The first-order valence-corrected chi connectivity index (χ1v) is 4.29. The lowest BCUT2D eigenvalue weighted by atomic mass is 10.1. The van der Waals surface area contributed by atoms with Crippen LogP contribution in [0.15, 0.2) is 16.5 Å². The van der Waals surface area contributed by atoms with E-state index in [0.29, 0.717) is 17.2 Å². The van der Waals surface area contributed by atoms with Gasteiger partial charge < -0.3 is 9.52 Å². The molecule has 1 heterocycles. The Morgan fingerprint density at radius 1 is 1.46 bits per heavy atom. The van der Waals surface area contributed by atoms with Crippen molar-refractivity contribution in [3.05, 3.63) is 23.6 Å². The van der Waals surface area contributed by atoms with Crippen LogP contribution in [-0.4, -0.2) is 10.1 Å². The van der Waals surface area contributed by atoms with E-state index in [4.69, 9.17) is 4.42 Å². The van der Waals surface area contributed by atoms with E-state index in [9.17, 15) is 5.11 Å². The second kappa shape index (κ2) is 2.76. The molecule has 1 N–H and O–H groups in total. The molecule has 0 saturated carbocycles. The standard InChI is InChI=1S/C10H11NO2/c1-3-7-4-10-8(5-9(7)12)11-6(2)13-10/h4-5,12H,3H2,1-2H3. The van der Waals surface area contributed by atoms with E-state index in [1.165, 1.54) is 0 Å². The van der Waals surface area contributed by atoms with E-state index in [2.05, 4.69) is 4.98 Å². The Bertz CT molecular complexity index is 445. The van der Waals surface area contributed by atoms with Gasteiger partial charge in [0.05, 0.1) is 0 Å². The van der Waals surface area contributed by atoms with Crippen molar-refractivity contribution in [2.24, 2.45) is 0 Å². The average molecular weight is 177 g/mol. The van der Waals surface area contributed by atoms with Crippen molar-refractivity contribution in [1.82, 2.24) is 4.98 Å². The molecule has 2 rings (SSSR count). The van der Waals surface area contributed by atoms with E-state index in [-0.39, 0.29) is 0 Å². The summed E-state index contributed by atoms with van der Waals surface area (Å²) >= 11 is 0. The average Bonchev–Trinajstić information content (AvgIpc) is 2.42. The summed E-state index contributed by atoms with van der Waals surface area (Å²) in [6, 6.07) is 3.48. The van der Waals surface area contributed by atoms with Crippen LogP contribution < -0.4 is 0 Å². The Labute approximate surface area is 76.0 Å². The monoisotopic (exact) mass is 177 g/mol. The predicted octanol–water partition coefficient (Wildman–Crippen LogP) is 2.40. The van der Waals surface area contributed by atoms with Crippen molar-refractivity contribution < 1.29 is 9.52 Å². The Morgan fingerprint density at radius 3 is 2.92 bits per heavy atom. The van der Waals surface area contributed by atoms with Gasteiger partial charge in [0, 0.05) is 13.0 Å². The zero-order valence-corrected chi connectivity index (χ0v) is 7.66. The molecular weight excluding hydrogens is 166 g/mol. The van der Waals surface area contributed by atoms with Crippen molar-refractivity contribution in [3.8, 4) is 5.75 Å². The van der Waals surface area contributed by atoms with Gasteiger partial charge in [0.1, 0.15) is 11.3 Å². The van der Waals surface area contributed by atoms with Gasteiger partial charge in [-0.3, -0.25) is 0 Å². The van der Waals surface area contributed by atoms with E-state index < -0.39 is 0 Å². The first-order chi connectivity index (χ1) is 6.20. The molecule has 0 amide bonds. The molecule has 0 aliphatic rings. The molecule has 0 atom stereocenters. The van der Waals surface area contributed by atoms with Crippen LogP contribution in [0.5, 0.6) is 5.75 Å². The fourth-order valence-electron chi connectivity index (χ4n) is 1.40. The third-order valence-corrected chi connectivity index (χ3v) is 2.08. The predicted molar refractivity (Wildman–Crippen MR) is 49.8 cm³/mol. The van der Waals surface area contributed by atoms with Crippen molar-refractivity contribution in [3.63, 3.8) is 0 Å². The fourth-order valence-corrected chi connectivity index (χ4v) is 1.40. The SMILES string of the molecule is CCc1cc2oc(C)nc2cc1O. The molecule has 0 unspecified atom stereocenters. The summed E-state index contributed by atoms with van der Waals surface area (Å²) < 4.78 is 5.34. The number of nitrogens with zero attached hydrogens (tertiary/aromatic N) is 1. The lowest BCUT2D eigenvalue weighted by Crippen LogP contribution is -1.80. The molecule has 0 saturated heterocycles. The van der Waals surface area contributed by atoms with Crippen LogP contribution in [0.2, 0.25) is 0 Å². The summed E-state index contributed by atoms with van der Waals surface area (Å²) in [5.74, 6) is 0.922. The number of fused-ring (bicyclic) bond motifs is 1. The number of benzene rings is 1. The highest BCUT2D eigenvalue weighted by atomic mass is 16.3.